The van der Waals surface area contributed by atoms with Gasteiger partial charge in [-0.3, -0.25) is 0 Å². The Morgan fingerprint density at radius 1 is 1.04 bits per heavy atom. The Morgan fingerprint density at radius 3 is 2.42 bits per heavy atom. The molecule has 7 nitrogen and oxygen atoms in total. The molecule has 8 heteroatoms. The summed E-state index contributed by atoms with van der Waals surface area (Å²) in [6, 6.07) is 10.4. The molecule has 0 spiro atoms. The number of aryl methyl sites for hydroxylation is 1. The Labute approximate surface area is 152 Å². The number of hydrogen-bond acceptors (Lipinski definition) is 6. The van der Waals surface area contributed by atoms with E-state index in [0.717, 1.165) is 37.7 Å². The molecule has 0 radical (unpaired) electrons. The summed E-state index contributed by atoms with van der Waals surface area (Å²) in [6.07, 6.45) is 1.41. The summed E-state index contributed by atoms with van der Waals surface area (Å²) in [4.78, 5) is 9.38. The van der Waals surface area contributed by atoms with Gasteiger partial charge in [0.05, 0.1) is 11.1 Å². The van der Waals surface area contributed by atoms with E-state index >= 15 is 0 Å². The Balaban J connectivity index is 1.84. The number of fused-ring (bicyclic) bond motifs is 1. The van der Waals surface area contributed by atoms with Crippen LogP contribution in [-0.2, 0) is 9.84 Å². The highest BCUT2D eigenvalue weighted by molar-refractivity contribution is 7.91. The van der Waals surface area contributed by atoms with Crippen molar-refractivity contribution in [3.8, 4) is 0 Å². The Kier molecular flexibility index (Phi) is 4.16. The van der Waals surface area contributed by atoms with E-state index in [2.05, 4.69) is 26.9 Å². The van der Waals surface area contributed by atoms with Crippen LogP contribution in [0.25, 0.3) is 5.65 Å². The van der Waals surface area contributed by atoms with Gasteiger partial charge in [0.1, 0.15) is 10.7 Å². The fourth-order valence-corrected chi connectivity index (χ4v) is 4.55. The number of piperazine rings is 1. The van der Waals surface area contributed by atoms with Crippen molar-refractivity contribution in [3.05, 3.63) is 48.3 Å². The second kappa shape index (κ2) is 6.37. The van der Waals surface area contributed by atoms with Crippen molar-refractivity contribution in [2.24, 2.45) is 0 Å². The molecule has 2 aromatic heterocycles. The third-order valence-corrected chi connectivity index (χ3v) is 6.48. The van der Waals surface area contributed by atoms with Crippen LogP contribution in [0.2, 0.25) is 0 Å². The zero-order chi connectivity index (χ0) is 18.3. The van der Waals surface area contributed by atoms with Crippen molar-refractivity contribution in [2.45, 2.75) is 16.7 Å². The van der Waals surface area contributed by atoms with Crippen LogP contribution in [0.3, 0.4) is 0 Å². The zero-order valence-corrected chi connectivity index (χ0v) is 15.6. The quantitative estimate of drug-likeness (QED) is 0.697. The lowest BCUT2D eigenvalue weighted by atomic mass is 10.3. The van der Waals surface area contributed by atoms with Crippen molar-refractivity contribution in [1.82, 2.24) is 19.5 Å². The molecular weight excluding hydrogens is 350 g/mol. The number of anilines is 1. The van der Waals surface area contributed by atoms with Crippen molar-refractivity contribution < 1.29 is 8.42 Å². The summed E-state index contributed by atoms with van der Waals surface area (Å²) in [5.74, 6) is 0.884. The molecule has 4 rings (SSSR count). The molecule has 0 aliphatic carbocycles. The standard InChI is InChI=1S/C18H21N5O2S/c1-14-12-17(22-10-8-21(2)9-11-22)23-18(20-14)16(13-19-23)26(24,25)15-6-4-3-5-7-15/h3-7,12-13H,8-11H2,1-2H3. The number of sulfone groups is 1. The summed E-state index contributed by atoms with van der Waals surface area (Å²) < 4.78 is 27.7. The summed E-state index contributed by atoms with van der Waals surface area (Å²) in [7, 11) is -1.57. The van der Waals surface area contributed by atoms with Crippen LogP contribution >= 0.6 is 0 Å². The number of nitrogens with zero attached hydrogens (tertiary/aromatic N) is 5. The van der Waals surface area contributed by atoms with E-state index in [9.17, 15) is 8.42 Å². The van der Waals surface area contributed by atoms with E-state index < -0.39 is 9.84 Å². The smallest absolute Gasteiger partial charge is 0.211 e. The van der Waals surface area contributed by atoms with E-state index in [1.165, 1.54) is 6.20 Å². The fourth-order valence-electron chi connectivity index (χ4n) is 3.22. The molecule has 26 heavy (non-hydrogen) atoms. The van der Waals surface area contributed by atoms with Crippen molar-refractivity contribution in [2.75, 3.05) is 38.1 Å². The molecule has 0 N–H and O–H groups in total. The van der Waals surface area contributed by atoms with Gasteiger partial charge in [-0.1, -0.05) is 18.2 Å². The van der Waals surface area contributed by atoms with Crippen molar-refractivity contribution in [1.29, 1.82) is 0 Å². The molecule has 0 amide bonds. The monoisotopic (exact) mass is 371 g/mol. The van der Waals surface area contributed by atoms with Crippen LogP contribution in [0.5, 0.6) is 0 Å². The molecule has 1 fully saturated rings. The normalized spacial score (nSPS) is 16.3. The van der Waals surface area contributed by atoms with Crippen LogP contribution in [0.15, 0.2) is 52.4 Å². The topological polar surface area (TPSA) is 70.8 Å². The minimum Gasteiger partial charge on any atom is -0.354 e. The lowest BCUT2D eigenvalue weighted by Gasteiger charge is -2.34. The second-order valence-corrected chi connectivity index (χ2v) is 8.52. The van der Waals surface area contributed by atoms with Crippen LogP contribution in [0.1, 0.15) is 5.69 Å². The van der Waals surface area contributed by atoms with Gasteiger partial charge in [0.2, 0.25) is 9.84 Å². The maximum atomic E-state index is 13.0. The van der Waals surface area contributed by atoms with Gasteiger partial charge in [-0.05, 0) is 26.1 Å². The van der Waals surface area contributed by atoms with E-state index in [1.807, 2.05) is 13.0 Å². The summed E-state index contributed by atoms with van der Waals surface area (Å²) >= 11 is 0. The van der Waals surface area contributed by atoms with Gasteiger partial charge < -0.3 is 9.80 Å². The first-order valence-electron chi connectivity index (χ1n) is 8.56. The first-order valence-corrected chi connectivity index (χ1v) is 10.0. The number of rotatable bonds is 3. The van der Waals surface area contributed by atoms with Gasteiger partial charge in [0.15, 0.2) is 5.65 Å². The summed E-state index contributed by atoms with van der Waals surface area (Å²) in [6.45, 7) is 5.54. The predicted octanol–water partition coefficient (Wildman–Crippen LogP) is 1.62. The molecule has 0 bridgehead atoms. The largest absolute Gasteiger partial charge is 0.354 e. The molecule has 136 valence electrons. The average Bonchev–Trinajstić information content (AvgIpc) is 3.07. The van der Waals surface area contributed by atoms with E-state index in [1.54, 1.807) is 34.8 Å². The minimum absolute atomic E-state index is 0.141. The Hall–Kier alpha value is -2.45. The van der Waals surface area contributed by atoms with Crippen LogP contribution < -0.4 is 4.90 Å². The molecule has 1 aliphatic heterocycles. The molecule has 3 aromatic rings. The minimum atomic E-state index is -3.67. The third-order valence-electron chi connectivity index (χ3n) is 4.72. The SMILES string of the molecule is Cc1cc(N2CCN(C)CC2)n2ncc(S(=O)(=O)c3ccccc3)c2n1. The average molecular weight is 371 g/mol. The fraction of sp³-hybridized carbons (Fsp3) is 0.333. The highest BCUT2D eigenvalue weighted by Crippen LogP contribution is 2.27. The molecule has 3 heterocycles. The lowest BCUT2D eigenvalue weighted by molar-refractivity contribution is 0.311. The Bertz CT molecular complexity index is 1040. The van der Waals surface area contributed by atoms with Crippen molar-refractivity contribution in [3.63, 3.8) is 0 Å². The molecule has 1 aliphatic rings. The molecule has 1 saturated heterocycles. The summed E-state index contributed by atoms with van der Waals surface area (Å²) in [5.41, 5.74) is 1.15. The number of likely N-dealkylation sites (N-methyl/N-ethyl adjacent to an activating group) is 1. The highest BCUT2D eigenvalue weighted by atomic mass is 32.2. The maximum Gasteiger partial charge on any atom is 0.211 e. The third kappa shape index (κ3) is 2.85. The van der Waals surface area contributed by atoms with Gasteiger partial charge in [-0.15, -0.1) is 0 Å². The van der Waals surface area contributed by atoms with Gasteiger partial charge in [-0.25, -0.2) is 13.4 Å². The number of hydrogen-bond donors (Lipinski definition) is 0. The molecule has 0 atom stereocenters. The zero-order valence-electron chi connectivity index (χ0n) is 14.8. The van der Waals surface area contributed by atoms with E-state index in [-0.39, 0.29) is 9.79 Å². The lowest BCUT2D eigenvalue weighted by Crippen LogP contribution is -2.45. The van der Waals surface area contributed by atoms with E-state index in [0.29, 0.717) is 5.65 Å². The van der Waals surface area contributed by atoms with E-state index in [4.69, 9.17) is 0 Å². The molecular formula is C18H21N5O2S. The van der Waals surface area contributed by atoms with Gasteiger partial charge in [-0.2, -0.15) is 9.61 Å². The molecule has 1 aromatic carbocycles. The Morgan fingerprint density at radius 2 is 1.73 bits per heavy atom. The van der Waals surface area contributed by atoms with Gasteiger partial charge >= 0.3 is 0 Å². The molecule has 0 unspecified atom stereocenters. The first-order chi connectivity index (χ1) is 12.5. The number of aromatic nitrogens is 3. The van der Waals surface area contributed by atoms with Crippen molar-refractivity contribution >= 4 is 21.3 Å². The van der Waals surface area contributed by atoms with Gasteiger partial charge in [0.25, 0.3) is 0 Å². The number of benzene rings is 1. The predicted molar refractivity (Wildman–Crippen MR) is 99.3 cm³/mol. The van der Waals surface area contributed by atoms with Gasteiger partial charge in [0, 0.05) is 37.9 Å². The highest BCUT2D eigenvalue weighted by Gasteiger charge is 2.26. The first kappa shape index (κ1) is 17.0. The maximum absolute atomic E-state index is 13.0. The van der Waals surface area contributed by atoms with Crippen LogP contribution in [-0.4, -0.2) is 61.1 Å². The summed E-state index contributed by atoms with van der Waals surface area (Å²) in [5, 5.41) is 4.37. The van der Waals surface area contributed by atoms with Crippen LogP contribution in [0, 0.1) is 6.92 Å². The second-order valence-electron chi connectivity index (χ2n) is 6.61. The van der Waals surface area contributed by atoms with Crippen LogP contribution in [0.4, 0.5) is 5.82 Å². The molecule has 0 saturated carbocycles.